The highest BCUT2D eigenvalue weighted by atomic mass is 35.5. The zero-order valence-corrected chi connectivity index (χ0v) is 13.5. The summed E-state index contributed by atoms with van der Waals surface area (Å²) in [5, 5.41) is 13.3. The van der Waals surface area contributed by atoms with Crippen LogP contribution in [0, 0.1) is 0 Å². The Morgan fingerprint density at radius 3 is 2.82 bits per heavy atom. The van der Waals surface area contributed by atoms with Gasteiger partial charge in [0.1, 0.15) is 22.8 Å². The summed E-state index contributed by atoms with van der Waals surface area (Å²) in [7, 11) is 0. The van der Waals surface area contributed by atoms with Crippen LogP contribution in [0.4, 0.5) is 16.4 Å². The number of aromatic nitrogens is 2. The van der Waals surface area contributed by atoms with Gasteiger partial charge >= 0.3 is 6.09 Å². The summed E-state index contributed by atoms with van der Waals surface area (Å²) in [6.45, 7) is 5.81. The van der Waals surface area contributed by atoms with E-state index < -0.39 is 23.8 Å². The summed E-state index contributed by atoms with van der Waals surface area (Å²) >= 11 is 6.01. The molecule has 0 saturated carbocycles. The van der Waals surface area contributed by atoms with Crippen molar-refractivity contribution in [3.63, 3.8) is 0 Å². The number of nitrogens with zero attached hydrogens (tertiary/aromatic N) is 3. The lowest BCUT2D eigenvalue weighted by molar-refractivity contribution is 0.0270. The van der Waals surface area contributed by atoms with E-state index in [4.69, 9.17) is 22.1 Å². The number of aliphatic hydroxyl groups excluding tert-OH is 1. The van der Waals surface area contributed by atoms with Gasteiger partial charge in [-0.25, -0.2) is 14.8 Å². The predicted octanol–water partition coefficient (Wildman–Crippen LogP) is 1.10. The van der Waals surface area contributed by atoms with Gasteiger partial charge in [-0.05, 0) is 20.8 Å². The van der Waals surface area contributed by atoms with E-state index in [1.807, 2.05) is 0 Å². The molecule has 4 N–H and O–H groups in total. The number of nitrogens with two attached hydrogens (primary N) is 1. The van der Waals surface area contributed by atoms with Gasteiger partial charge < -0.3 is 25.8 Å². The van der Waals surface area contributed by atoms with Crippen LogP contribution in [0.1, 0.15) is 20.8 Å². The Kier molecular flexibility index (Phi) is 4.62. The van der Waals surface area contributed by atoms with E-state index in [1.165, 1.54) is 11.2 Å². The van der Waals surface area contributed by atoms with Gasteiger partial charge in [-0.3, -0.25) is 0 Å². The highest BCUT2D eigenvalue weighted by Crippen LogP contribution is 2.26. The largest absolute Gasteiger partial charge is 0.444 e. The molecule has 1 amide bonds. The van der Waals surface area contributed by atoms with E-state index in [2.05, 4.69) is 15.3 Å². The van der Waals surface area contributed by atoms with Crippen LogP contribution in [-0.4, -0.2) is 56.9 Å². The van der Waals surface area contributed by atoms with Crippen LogP contribution < -0.4 is 11.1 Å². The molecule has 22 heavy (non-hydrogen) atoms. The number of hydrogen-bond donors (Lipinski definition) is 3. The maximum Gasteiger partial charge on any atom is 0.410 e. The SMILES string of the molecule is CC(C)(C)OC(=O)N1CC(O)C(Nc2ncnc(N)c2Cl)C1. The molecular formula is C13H20ClN5O3. The lowest BCUT2D eigenvalue weighted by atomic mass is 10.2. The molecule has 1 aliphatic rings. The van der Waals surface area contributed by atoms with Crippen LogP contribution >= 0.6 is 11.6 Å². The summed E-state index contributed by atoms with van der Waals surface area (Å²) in [4.78, 5) is 21.2. The van der Waals surface area contributed by atoms with Crippen molar-refractivity contribution in [1.82, 2.24) is 14.9 Å². The van der Waals surface area contributed by atoms with Gasteiger partial charge in [-0.2, -0.15) is 0 Å². The molecule has 0 bridgehead atoms. The molecule has 0 aromatic carbocycles. The molecule has 2 heterocycles. The van der Waals surface area contributed by atoms with Gasteiger partial charge in [0.05, 0.1) is 18.7 Å². The van der Waals surface area contributed by atoms with E-state index in [-0.39, 0.29) is 23.9 Å². The number of likely N-dealkylation sites (tertiary alicyclic amines) is 1. The quantitative estimate of drug-likeness (QED) is 0.744. The first-order valence-corrected chi connectivity index (χ1v) is 7.23. The second kappa shape index (κ2) is 6.13. The Labute approximate surface area is 133 Å². The minimum absolute atomic E-state index is 0.149. The first-order valence-electron chi connectivity index (χ1n) is 6.86. The molecule has 1 aromatic heterocycles. The lowest BCUT2D eigenvalue weighted by Crippen LogP contribution is -2.36. The normalized spacial score (nSPS) is 21.8. The highest BCUT2D eigenvalue weighted by Gasteiger charge is 2.36. The molecule has 1 aliphatic heterocycles. The Bertz CT molecular complexity index is 563. The van der Waals surface area contributed by atoms with Gasteiger partial charge in [-0.1, -0.05) is 11.6 Å². The molecular weight excluding hydrogens is 310 g/mol. The standard InChI is InChI=1S/C13H20ClN5O3/c1-13(2,3)22-12(21)19-4-7(8(20)5-19)18-11-9(14)10(15)16-6-17-11/h6-8,20H,4-5H2,1-3H3,(H3,15,16,17,18). The third-order valence-corrected chi connectivity index (χ3v) is 3.45. The van der Waals surface area contributed by atoms with E-state index >= 15 is 0 Å². The molecule has 1 saturated heterocycles. The van der Waals surface area contributed by atoms with Crippen molar-refractivity contribution in [2.75, 3.05) is 24.1 Å². The summed E-state index contributed by atoms with van der Waals surface area (Å²) in [6, 6.07) is -0.417. The minimum Gasteiger partial charge on any atom is -0.444 e. The number of ether oxygens (including phenoxy) is 1. The Morgan fingerprint density at radius 2 is 2.18 bits per heavy atom. The number of hydrogen-bond acceptors (Lipinski definition) is 7. The fraction of sp³-hybridized carbons (Fsp3) is 0.615. The van der Waals surface area contributed by atoms with Gasteiger partial charge in [0, 0.05) is 6.54 Å². The van der Waals surface area contributed by atoms with E-state index in [0.717, 1.165) is 0 Å². The lowest BCUT2D eigenvalue weighted by Gasteiger charge is -2.24. The first-order chi connectivity index (χ1) is 10.2. The van der Waals surface area contributed by atoms with Crippen LogP contribution in [0.2, 0.25) is 5.02 Å². The number of nitrogens with one attached hydrogen (secondary N) is 1. The van der Waals surface area contributed by atoms with E-state index in [9.17, 15) is 9.90 Å². The predicted molar refractivity (Wildman–Crippen MR) is 82.7 cm³/mol. The fourth-order valence-corrected chi connectivity index (χ4v) is 2.22. The molecule has 2 rings (SSSR count). The summed E-state index contributed by atoms with van der Waals surface area (Å²) in [6.07, 6.45) is 0.0418. The third kappa shape index (κ3) is 3.89. The number of anilines is 2. The first kappa shape index (κ1) is 16.6. The van der Waals surface area contributed by atoms with E-state index in [0.29, 0.717) is 5.82 Å². The number of nitrogen functional groups attached to an aromatic ring is 1. The second-order valence-electron chi connectivity index (χ2n) is 6.13. The Hall–Kier alpha value is -1.80. The molecule has 9 heteroatoms. The van der Waals surface area contributed by atoms with Gasteiger partial charge in [0.25, 0.3) is 0 Å². The second-order valence-corrected chi connectivity index (χ2v) is 6.50. The average Bonchev–Trinajstić information content (AvgIpc) is 2.75. The van der Waals surface area contributed by atoms with Crippen molar-refractivity contribution in [1.29, 1.82) is 0 Å². The Balaban J connectivity index is 2.02. The summed E-state index contributed by atoms with van der Waals surface area (Å²) in [5.74, 6) is 0.472. The third-order valence-electron chi connectivity index (χ3n) is 3.08. The zero-order chi connectivity index (χ0) is 16.5. The topological polar surface area (TPSA) is 114 Å². The number of rotatable bonds is 2. The molecule has 8 nitrogen and oxygen atoms in total. The van der Waals surface area contributed by atoms with Crippen LogP contribution in [0.25, 0.3) is 0 Å². The molecule has 0 spiro atoms. The molecule has 0 radical (unpaired) electrons. The van der Waals surface area contributed by atoms with Gasteiger partial charge in [0.15, 0.2) is 5.82 Å². The van der Waals surface area contributed by atoms with Crippen molar-refractivity contribution in [3.8, 4) is 0 Å². The smallest absolute Gasteiger partial charge is 0.410 e. The molecule has 2 unspecified atom stereocenters. The fourth-order valence-electron chi connectivity index (χ4n) is 2.06. The monoisotopic (exact) mass is 329 g/mol. The number of aliphatic hydroxyl groups is 1. The average molecular weight is 330 g/mol. The number of halogens is 1. The van der Waals surface area contributed by atoms with E-state index in [1.54, 1.807) is 20.8 Å². The molecule has 1 fully saturated rings. The number of β-amino-alcohol motifs (C(OH)–C–C–N with tert-alkyl or cyclic N) is 1. The summed E-state index contributed by atoms with van der Waals surface area (Å²) in [5.41, 5.74) is 5.02. The van der Waals surface area contributed by atoms with Crippen molar-refractivity contribution in [2.45, 2.75) is 38.5 Å². The van der Waals surface area contributed by atoms with Crippen LogP contribution in [0.15, 0.2) is 6.33 Å². The van der Waals surface area contributed by atoms with Crippen molar-refractivity contribution in [2.24, 2.45) is 0 Å². The number of carbonyl (C=O) groups is 1. The maximum absolute atomic E-state index is 12.0. The van der Waals surface area contributed by atoms with Crippen LogP contribution in [0.5, 0.6) is 0 Å². The van der Waals surface area contributed by atoms with Gasteiger partial charge in [0.2, 0.25) is 0 Å². The molecule has 2 atom stereocenters. The maximum atomic E-state index is 12.0. The molecule has 1 aromatic rings. The summed E-state index contributed by atoms with van der Waals surface area (Å²) < 4.78 is 5.29. The van der Waals surface area contributed by atoms with Crippen LogP contribution in [-0.2, 0) is 4.74 Å². The van der Waals surface area contributed by atoms with Crippen molar-refractivity contribution in [3.05, 3.63) is 11.3 Å². The molecule has 0 aliphatic carbocycles. The zero-order valence-electron chi connectivity index (χ0n) is 12.7. The van der Waals surface area contributed by atoms with Crippen LogP contribution in [0.3, 0.4) is 0 Å². The highest BCUT2D eigenvalue weighted by molar-refractivity contribution is 6.35. The van der Waals surface area contributed by atoms with Gasteiger partial charge in [-0.15, -0.1) is 0 Å². The number of amides is 1. The van der Waals surface area contributed by atoms with Crippen molar-refractivity contribution >= 4 is 29.3 Å². The Morgan fingerprint density at radius 1 is 1.50 bits per heavy atom. The van der Waals surface area contributed by atoms with Crippen molar-refractivity contribution < 1.29 is 14.6 Å². The minimum atomic E-state index is -0.764. The number of carbonyl (C=O) groups excluding carboxylic acids is 1. The molecule has 122 valence electrons.